The highest BCUT2D eigenvalue weighted by molar-refractivity contribution is 5.93. The molecule has 1 atom stereocenters. The molecule has 50 heavy (non-hydrogen) atoms. The van der Waals surface area contributed by atoms with Gasteiger partial charge in [-0.3, -0.25) is 14.6 Å². The van der Waals surface area contributed by atoms with Gasteiger partial charge in [-0.25, -0.2) is 19.3 Å². The number of piperazine rings is 1. The highest BCUT2D eigenvalue weighted by Gasteiger charge is 2.41. The minimum Gasteiger partial charge on any atom is -0.554 e. The summed E-state index contributed by atoms with van der Waals surface area (Å²) >= 11 is 0. The number of carbonyl (C=O) groups is 3. The molecule has 5 rings (SSSR count). The summed E-state index contributed by atoms with van der Waals surface area (Å²) < 4.78 is 48.2. The number of allylic oxidation sites excluding steroid dienone is 1. The molecule has 0 unspecified atom stereocenters. The number of nitrogens with one attached hydrogen (secondary N) is 1. The Labute approximate surface area is 285 Å². The number of nitriles is 1. The second kappa shape index (κ2) is 15.0. The van der Waals surface area contributed by atoms with Crippen LogP contribution < -0.4 is 15.7 Å². The molecule has 2 aliphatic rings. The lowest BCUT2D eigenvalue weighted by molar-refractivity contribution is -0.894. The third-order valence-electron chi connectivity index (χ3n) is 8.69. The molecule has 2 aromatic carbocycles. The van der Waals surface area contributed by atoms with Crippen LogP contribution in [0.5, 0.6) is 0 Å². The summed E-state index contributed by atoms with van der Waals surface area (Å²) in [7, 11) is 7.18. The maximum atomic E-state index is 13.7. The smallest absolute Gasteiger partial charge is 0.416 e. The first kappa shape index (κ1) is 37.4. The Balaban J connectivity index is 0.00000181. The summed E-state index contributed by atoms with van der Waals surface area (Å²) in [6.07, 6.45) is -4.64. The van der Waals surface area contributed by atoms with Crippen LogP contribution in [0.15, 0.2) is 58.5 Å². The third-order valence-corrected chi connectivity index (χ3v) is 8.69. The number of halogens is 3. The van der Waals surface area contributed by atoms with Crippen molar-refractivity contribution in [2.24, 2.45) is 0 Å². The first-order valence-electron chi connectivity index (χ1n) is 15.4. The zero-order valence-electron chi connectivity index (χ0n) is 28.2. The van der Waals surface area contributed by atoms with Gasteiger partial charge in [0.15, 0.2) is 0 Å². The molecule has 2 aliphatic heterocycles. The summed E-state index contributed by atoms with van der Waals surface area (Å²) in [5.74, 6) is -0.901. The number of anilines is 2. The molecule has 0 aliphatic carbocycles. The van der Waals surface area contributed by atoms with Gasteiger partial charge in [0.25, 0.3) is 0 Å². The third kappa shape index (κ3) is 7.87. The SMILES string of the molecule is COC(=O)C1=C(C)N(c2cccc(C(F)(F)F)c2)c2n[nH]c(=O)n2[C@@H]1c1ccc(C#N)cc1CN(C)CC(=O)N1CC[N+](C)(C)CC1.O=C[O-]. The Morgan fingerprint density at radius 3 is 2.46 bits per heavy atom. The van der Waals surface area contributed by atoms with Crippen LogP contribution in [-0.4, -0.2) is 108 Å². The van der Waals surface area contributed by atoms with Gasteiger partial charge in [-0.1, -0.05) is 12.1 Å². The van der Waals surface area contributed by atoms with E-state index in [4.69, 9.17) is 14.6 Å². The van der Waals surface area contributed by atoms with Crippen molar-refractivity contribution in [3.8, 4) is 6.07 Å². The molecule has 0 spiro atoms. The highest BCUT2D eigenvalue weighted by Crippen LogP contribution is 2.43. The van der Waals surface area contributed by atoms with Crippen LogP contribution in [0.25, 0.3) is 0 Å². The number of alkyl halides is 3. The van der Waals surface area contributed by atoms with Crippen LogP contribution >= 0.6 is 0 Å². The number of rotatable bonds is 7. The Hall–Kier alpha value is -5.47. The highest BCUT2D eigenvalue weighted by atomic mass is 19.4. The largest absolute Gasteiger partial charge is 0.554 e. The number of carbonyl (C=O) groups excluding carboxylic acids is 3. The van der Waals surface area contributed by atoms with Crippen LogP contribution in [-0.2, 0) is 31.8 Å². The van der Waals surface area contributed by atoms with Gasteiger partial charge in [0.1, 0.15) is 6.04 Å². The number of hydrogen-bond acceptors (Lipinski definition) is 10. The number of nitrogens with zero attached hydrogens (tertiary/aromatic N) is 7. The van der Waals surface area contributed by atoms with Crippen molar-refractivity contribution in [1.29, 1.82) is 5.26 Å². The molecule has 0 saturated carbocycles. The number of likely N-dealkylation sites (N-methyl/N-ethyl adjacent to an activating group) is 2. The monoisotopic (exact) mass is 698 g/mol. The van der Waals surface area contributed by atoms with Crippen molar-refractivity contribution in [3.63, 3.8) is 0 Å². The predicted molar refractivity (Wildman–Crippen MR) is 171 cm³/mol. The number of methoxy groups -OCH3 is 1. The molecular weight excluding hydrogens is 661 g/mol. The van der Waals surface area contributed by atoms with Gasteiger partial charge in [0.2, 0.25) is 11.9 Å². The first-order valence-corrected chi connectivity index (χ1v) is 15.4. The van der Waals surface area contributed by atoms with Crippen molar-refractivity contribution in [2.75, 3.05) is 65.9 Å². The summed E-state index contributed by atoms with van der Waals surface area (Å²) in [4.78, 5) is 53.2. The number of amides is 1. The Morgan fingerprint density at radius 1 is 1.20 bits per heavy atom. The molecule has 1 fully saturated rings. The fourth-order valence-electron chi connectivity index (χ4n) is 6.09. The zero-order valence-corrected chi connectivity index (χ0v) is 28.2. The van der Waals surface area contributed by atoms with Crippen LogP contribution in [0.3, 0.4) is 0 Å². The van der Waals surface area contributed by atoms with E-state index in [1.807, 2.05) is 4.90 Å². The maximum absolute atomic E-state index is 13.7. The van der Waals surface area contributed by atoms with E-state index in [1.165, 1.54) is 35.6 Å². The average molecular weight is 699 g/mol. The fourth-order valence-corrected chi connectivity index (χ4v) is 6.09. The number of aromatic nitrogens is 3. The van der Waals surface area contributed by atoms with Gasteiger partial charge in [-0.05, 0) is 55.4 Å². The number of quaternary nitrogens is 1. The molecule has 0 radical (unpaired) electrons. The topological polar surface area (TPSA) is 168 Å². The lowest BCUT2D eigenvalue weighted by Crippen LogP contribution is -2.57. The van der Waals surface area contributed by atoms with Crippen molar-refractivity contribution in [1.82, 2.24) is 24.6 Å². The normalized spacial score (nSPS) is 17.0. The van der Waals surface area contributed by atoms with Gasteiger partial charge in [0, 0.05) is 24.4 Å². The van der Waals surface area contributed by atoms with Crippen molar-refractivity contribution in [2.45, 2.75) is 25.7 Å². The minimum absolute atomic E-state index is 0.0142. The molecule has 1 amide bonds. The first-order chi connectivity index (χ1) is 23.6. The van der Waals surface area contributed by atoms with E-state index >= 15 is 0 Å². The summed E-state index contributed by atoms with van der Waals surface area (Å²) in [6.45, 7) is 4.26. The van der Waals surface area contributed by atoms with Crippen LogP contribution in [0.4, 0.5) is 24.8 Å². The summed E-state index contributed by atoms with van der Waals surface area (Å²) in [5, 5.41) is 24.5. The van der Waals surface area contributed by atoms with Crippen LogP contribution in [0, 0.1) is 11.3 Å². The molecular formula is C33H37F3N8O6. The lowest BCUT2D eigenvalue weighted by atomic mass is 9.90. The number of H-pyrrole nitrogens is 1. The molecule has 1 aromatic heterocycles. The van der Waals surface area contributed by atoms with E-state index in [2.05, 4.69) is 30.4 Å². The van der Waals surface area contributed by atoms with E-state index in [9.17, 15) is 32.8 Å². The second-order valence-corrected chi connectivity index (χ2v) is 12.5. The number of aromatic amines is 1. The Kier molecular flexibility index (Phi) is 11.2. The number of hydrogen-bond donors (Lipinski definition) is 1. The summed E-state index contributed by atoms with van der Waals surface area (Å²) in [6, 6.07) is 10.3. The van der Waals surface area contributed by atoms with Crippen LogP contribution in [0.1, 0.15) is 35.2 Å². The molecule has 1 saturated heterocycles. The number of carboxylic acid groups (broad SMARTS) is 1. The van der Waals surface area contributed by atoms with Gasteiger partial charge < -0.3 is 24.0 Å². The van der Waals surface area contributed by atoms with E-state index in [0.29, 0.717) is 29.8 Å². The van der Waals surface area contributed by atoms with Gasteiger partial charge >= 0.3 is 17.8 Å². The number of ether oxygens (including phenoxy) is 1. The van der Waals surface area contributed by atoms with Gasteiger partial charge in [0.05, 0.1) is 76.7 Å². The number of esters is 1. The standard InChI is InChI=1S/C32H35F3N8O4.CH2O2/c1-20-27(29(45)47-5)28(42-30(37-38-31(42)46)41(20)24-8-6-7-23(16-24)32(33,34)35)25-10-9-21(17-36)15-22(25)18-39(2)19-26(44)40-11-13-43(3,4)14-12-40;2-1-3/h6-10,15-16,28H,11-14,18-19H2,1-5H3;1H,(H,2,3)/t28-;/m1./s1. The predicted octanol–water partition coefficient (Wildman–Crippen LogP) is 1.37. The van der Waals surface area contributed by atoms with Crippen molar-refractivity contribution < 1.29 is 41.9 Å². The van der Waals surface area contributed by atoms with E-state index in [1.54, 1.807) is 30.1 Å². The number of fused-ring (bicyclic) bond motifs is 1. The molecule has 3 aromatic rings. The molecule has 1 N–H and O–H groups in total. The van der Waals surface area contributed by atoms with E-state index < -0.39 is 35.9 Å². The Morgan fingerprint density at radius 2 is 1.86 bits per heavy atom. The van der Waals surface area contributed by atoms with Crippen LogP contribution in [0.2, 0.25) is 0 Å². The second-order valence-electron chi connectivity index (χ2n) is 12.5. The van der Waals surface area contributed by atoms with E-state index in [-0.39, 0.29) is 41.9 Å². The number of benzene rings is 2. The van der Waals surface area contributed by atoms with Crippen molar-refractivity contribution in [3.05, 3.63) is 86.5 Å². The van der Waals surface area contributed by atoms with Crippen molar-refractivity contribution >= 4 is 30.0 Å². The Bertz CT molecular complexity index is 1880. The summed E-state index contributed by atoms with van der Waals surface area (Å²) in [5.41, 5.74) is -0.112. The molecule has 0 bridgehead atoms. The fraction of sp³-hybridized carbons (Fsp3) is 0.394. The maximum Gasteiger partial charge on any atom is 0.416 e. The van der Waals surface area contributed by atoms with Gasteiger partial charge in [-0.15, -0.1) is 5.10 Å². The molecule has 14 nitrogen and oxygen atoms in total. The van der Waals surface area contributed by atoms with Gasteiger partial charge in [-0.2, -0.15) is 18.4 Å². The molecule has 266 valence electrons. The molecule has 3 heterocycles. The minimum atomic E-state index is -4.64. The quantitative estimate of drug-likeness (QED) is 0.216. The zero-order chi connectivity index (χ0) is 37.0. The molecule has 17 heteroatoms. The van der Waals surface area contributed by atoms with E-state index in [0.717, 1.165) is 29.7 Å². The average Bonchev–Trinajstić information content (AvgIpc) is 3.44. The lowest BCUT2D eigenvalue weighted by Gasteiger charge is -2.39.